The van der Waals surface area contributed by atoms with E-state index in [0.29, 0.717) is 11.3 Å². The van der Waals surface area contributed by atoms with E-state index in [1.807, 2.05) is 5.48 Å². The van der Waals surface area contributed by atoms with Crippen molar-refractivity contribution in [1.29, 1.82) is 0 Å². The number of nitrogens with one attached hydrogen (secondary N) is 2. The number of hydrogen-bond acceptors (Lipinski definition) is 4. The molecule has 1 aliphatic rings. The van der Waals surface area contributed by atoms with Gasteiger partial charge < -0.3 is 5.21 Å². The number of rotatable bonds is 1. The minimum absolute atomic E-state index is 0.255. The van der Waals surface area contributed by atoms with Crippen molar-refractivity contribution in [2.75, 3.05) is 0 Å². The van der Waals surface area contributed by atoms with Crippen molar-refractivity contribution in [3.05, 3.63) is 41.1 Å². The zero-order chi connectivity index (χ0) is 10.1. The predicted molar refractivity (Wildman–Crippen MR) is 48.3 cm³/mol. The number of fused-ring (bicyclic) bond motifs is 1. The second-order valence-electron chi connectivity index (χ2n) is 2.91. The molecule has 0 fully saturated rings. The largest absolute Gasteiger partial charge is 0.621 e. The third-order valence-corrected chi connectivity index (χ3v) is 2.08. The van der Waals surface area contributed by atoms with Crippen LogP contribution >= 0.6 is 0 Å². The molecule has 0 radical (unpaired) electrons. The highest BCUT2D eigenvalue weighted by Gasteiger charge is 2.24. The quantitative estimate of drug-likeness (QED) is 0.416. The van der Waals surface area contributed by atoms with Crippen molar-refractivity contribution in [2.24, 2.45) is 0 Å². The standard InChI is InChI=1S/C9H8N2O3/c12-9-5-7(10-13)6-3-1-2-4-8(6)11(9)14/h1-5,10-11,13H. The molecule has 72 valence electrons. The summed E-state index contributed by atoms with van der Waals surface area (Å²) >= 11 is 0. The Kier molecular flexibility index (Phi) is 2.05. The van der Waals surface area contributed by atoms with Crippen molar-refractivity contribution >= 4 is 17.3 Å². The molecule has 0 spiro atoms. The summed E-state index contributed by atoms with van der Waals surface area (Å²) in [6.45, 7) is 0. The van der Waals surface area contributed by atoms with Gasteiger partial charge in [-0.25, -0.2) is 4.79 Å². The summed E-state index contributed by atoms with van der Waals surface area (Å²) in [6, 6.07) is 6.62. The fraction of sp³-hybridized carbons (Fsp3) is 0. The van der Waals surface area contributed by atoms with E-state index in [0.717, 1.165) is 6.08 Å². The number of carbonyl (C=O) groups is 1. The van der Waals surface area contributed by atoms with Gasteiger partial charge in [0.15, 0.2) is 0 Å². The molecule has 1 heterocycles. The van der Waals surface area contributed by atoms with E-state index >= 15 is 0 Å². The van der Waals surface area contributed by atoms with Crippen LogP contribution in [0.15, 0.2) is 30.3 Å². The first kappa shape index (κ1) is 8.89. The van der Waals surface area contributed by atoms with Crippen molar-refractivity contribution in [3.63, 3.8) is 0 Å². The summed E-state index contributed by atoms with van der Waals surface area (Å²) in [6.07, 6.45) is 1.09. The Hall–Kier alpha value is -1.69. The van der Waals surface area contributed by atoms with Crippen LogP contribution in [0.5, 0.6) is 0 Å². The van der Waals surface area contributed by atoms with Gasteiger partial charge in [-0.15, -0.1) is 0 Å². The lowest BCUT2D eigenvalue weighted by atomic mass is 10.1. The lowest BCUT2D eigenvalue weighted by Crippen LogP contribution is -3.05. The Balaban J connectivity index is 2.60. The molecule has 1 atom stereocenters. The Morgan fingerprint density at radius 3 is 2.79 bits per heavy atom. The molecule has 0 bridgehead atoms. The monoisotopic (exact) mass is 192 g/mol. The summed E-state index contributed by atoms with van der Waals surface area (Å²) in [5.41, 5.74) is 3.01. The first-order valence-electron chi connectivity index (χ1n) is 4.04. The average molecular weight is 192 g/mol. The Morgan fingerprint density at radius 1 is 1.36 bits per heavy atom. The first-order valence-corrected chi connectivity index (χ1v) is 4.04. The van der Waals surface area contributed by atoms with Crippen LogP contribution < -0.4 is 10.5 Å². The summed E-state index contributed by atoms with van der Waals surface area (Å²) in [5, 5.41) is 19.6. The molecular formula is C9H8N2O3. The fourth-order valence-corrected chi connectivity index (χ4v) is 1.42. The maximum Gasteiger partial charge on any atom is 0.344 e. The topological polar surface area (TPSA) is 76.8 Å². The first-order chi connectivity index (χ1) is 6.74. The zero-order valence-corrected chi connectivity index (χ0v) is 7.15. The summed E-state index contributed by atoms with van der Waals surface area (Å²) in [7, 11) is 0. The molecule has 1 aromatic rings. The molecule has 5 heteroatoms. The van der Waals surface area contributed by atoms with Crippen LogP contribution in [0.4, 0.5) is 5.69 Å². The van der Waals surface area contributed by atoms with Crippen molar-refractivity contribution < 1.29 is 15.1 Å². The van der Waals surface area contributed by atoms with E-state index in [1.165, 1.54) is 0 Å². The molecule has 0 aromatic heterocycles. The summed E-state index contributed by atoms with van der Waals surface area (Å²) in [4.78, 5) is 11.1. The molecule has 3 N–H and O–H groups in total. The SMILES string of the molecule is O=C1C=C(NO)c2ccccc2[NH+]1[O-]. The van der Waals surface area contributed by atoms with E-state index in [9.17, 15) is 10.0 Å². The predicted octanol–water partition coefficient (Wildman–Crippen LogP) is -0.439. The minimum Gasteiger partial charge on any atom is -0.621 e. The Bertz CT molecular complexity index is 414. The summed E-state index contributed by atoms with van der Waals surface area (Å²) in [5.74, 6) is -0.625. The number of para-hydroxylation sites is 1. The number of hydroxylamine groups is 2. The number of carbonyl (C=O) groups excluding carboxylic acids is 1. The Morgan fingerprint density at radius 2 is 2.07 bits per heavy atom. The van der Waals surface area contributed by atoms with Gasteiger partial charge in [-0.2, -0.15) is 0 Å². The third kappa shape index (κ3) is 1.20. The molecule has 1 aromatic carbocycles. The van der Waals surface area contributed by atoms with Gasteiger partial charge in [0.05, 0.1) is 17.3 Å². The van der Waals surface area contributed by atoms with E-state index in [1.54, 1.807) is 24.3 Å². The molecule has 1 unspecified atom stereocenters. The molecule has 1 amide bonds. The van der Waals surface area contributed by atoms with Gasteiger partial charge in [0.2, 0.25) is 0 Å². The van der Waals surface area contributed by atoms with Gasteiger partial charge in [-0.05, 0) is 6.07 Å². The van der Waals surface area contributed by atoms with Crippen molar-refractivity contribution in [1.82, 2.24) is 5.48 Å². The lowest BCUT2D eigenvalue weighted by molar-refractivity contribution is -0.686. The van der Waals surface area contributed by atoms with Crippen LogP contribution in [-0.4, -0.2) is 11.1 Å². The van der Waals surface area contributed by atoms with Crippen molar-refractivity contribution in [2.45, 2.75) is 0 Å². The molecular weight excluding hydrogens is 184 g/mol. The molecule has 2 rings (SSSR count). The van der Waals surface area contributed by atoms with Gasteiger partial charge >= 0.3 is 5.91 Å². The number of hydrogen-bond donors (Lipinski definition) is 3. The third-order valence-electron chi connectivity index (χ3n) is 2.08. The Labute approximate surface area is 79.8 Å². The molecule has 0 aliphatic carbocycles. The molecule has 1 aliphatic heterocycles. The van der Waals surface area contributed by atoms with Crippen LogP contribution in [0.2, 0.25) is 0 Å². The smallest absolute Gasteiger partial charge is 0.344 e. The zero-order valence-electron chi connectivity index (χ0n) is 7.15. The summed E-state index contributed by atoms with van der Waals surface area (Å²) < 4.78 is 0. The van der Waals surface area contributed by atoms with Crippen LogP contribution in [-0.2, 0) is 4.79 Å². The molecule has 0 saturated carbocycles. The van der Waals surface area contributed by atoms with Crippen LogP contribution in [0, 0.1) is 5.21 Å². The average Bonchev–Trinajstić information content (AvgIpc) is 2.23. The molecule has 5 nitrogen and oxygen atoms in total. The van der Waals surface area contributed by atoms with E-state index in [-0.39, 0.29) is 5.70 Å². The van der Waals surface area contributed by atoms with Gasteiger partial charge in [0.1, 0.15) is 5.69 Å². The van der Waals surface area contributed by atoms with Crippen LogP contribution in [0.3, 0.4) is 0 Å². The minimum atomic E-state index is -0.625. The van der Waals surface area contributed by atoms with E-state index < -0.39 is 11.0 Å². The normalized spacial score (nSPS) is 20.0. The van der Waals surface area contributed by atoms with E-state index in [4.69, 9.17) is 5.21 Å². The lowest BCUT2D eigenvalue weighted by Gasteiger charge is -2.24. The van der Waals surface area contributed by atoms with Crippen LogP contribution in [0.25, 0.3) is 5.70 Å². The maximum absolute atomic E-state index is 11.4. The van der Waals surface area contributed by atoms with Gasteiger partial charge in [0, 0.05) is 6.07 Å². The highest BCUT2D eigenvalue weighted by molar-refractivity contribution is 5.95. The second-order valence-corrected chi connectivity index (χ2v) is 2.91. The fourth-order valence-electron chi connectivity index (χ4n) is 1.42. The maximum atomic E-state index is 11.4. The van der Waals surface area contributed by atoms with Crippen LogP contribution in [0.1, 0.15) is 5.56 Å². The van der Waals surface area contributed by atoms with Crippen molar-refractivity contribution in [3.8, 4) is 0 Å². The van der Waals surface area contributed by atoms with E-state index in [2.05, 4.69) is 0 Å². The number of quaternary nitrogens is 1. The number of benzene rings is 1. The van der Waals surface area contributed by atoms with Gasteiger partial charge in [-0.1, -0.05) is 12.1 Å². The second kappa shape index (κ2) is 3.22. The van der Waals surface area contributed by atoms with Gasteiger partial charge in [0.25, 0.3) is 0 Å². The number of amides is 1. The molecule has 0 saturated heterocycles. The molecule has 14 heavy (non-hydrogen) atoms. The van der Waals surface area contributed by atoms with Gasteiger partial charge in [-0.3, -0.25) is 15.8 Å². The highest BCUT2D eigenvalue weighted by atomic mass is 16.5. The highest BCUT2D eigenvalue weighted by Crippen LogP contribution is 2.20.